The number of rotatable bonds is 6. The first-order valence-corrected chi connectivity index (χ1v) is 47.8. The molecule has 8 nitrogen and oxygen atoms in total. The number of ether oxygens (including phenoxy) is 8. The SMILES string of the molecule is c1ccc(-c2cc3ccccc3cc2-c2cc3c4c(c2)Oc2ccccc2B4c2ccccc2O3)cc1.c1ccc(-c2ccc(-c3cc4c5c(c3)Oc3ccccc3B5c3ccccc3O4)c3ccccc23)cc1.c1ccc2c(c1)Oc1cc(-c3cc4ccccc4c4ccccc34)cc3c1B2c1ccccc1O3.c1ccc2c(c1)Oc1cc(-c3cccc4ccccc34)cc3c1B2c1ccccc1O3. The summed E-state index contributed by atoms with van der Waals surface area (Å²) < 4.78 is 52.1. The van der Waals surface area contributed by atoms with E-state index in [1.807, 2.05) is 48.5 Å². The second kappa shape index (κ2) is 32.9. The highest BCUT2D eigenvalue weighted by Crippen LogP contribution is 2.49. The maximum absolute atomic E-state index is 6.55. The van der Waals surface area contributed by atoms with Crippen LogP contribution in [0.15, 0.2) is 473 Å². The first kappa shape index (κ1) is 80.5. The number of fused-ring (bicyclic) bond motifs is 22. The summed E-state index contributed by atoms with van der Waals surface area (Å²) in [6, 6.07) is 166. The predicted octanol–water partition coefficient (Wildman–Crippen LogP) is 25.4. The average Bonchev–Trinajstić information content (AvgIpc) is 0.727. The van der Waals surface area contributed by atoms with Crippen molar-refractivity contribution >= 4 is 146 Å². The monoisotopic (exact) mass is 1790 g/mol. The molecule has 0 saturated carbocycles. The van der Waals surface area contributed by atoms with Crippen molar-refractivity contribution in [3.8, 4) is 159 Å². The van der Waals surface area contributed by atoms with E-state index in [-0.39, 0.29) is 26.9 Å². The zero-order valence-electron chi connectivity index (χ0n) is 75.6. The molecule has 8 aliphatic rings. The molecule has 8 heterocycles. The van der Waals surface area contributed by atoms with E-state index in [0.717, 1.165) is 147 Å². The van der Waals surface area contributed by atoms with E-state index in [9.17, 15) is 0 Å². The summed E-state index contributed by atoms with van der Waals surface area (Å²) in [6.07, 6.45) is 0. The Kier molecular flexibility index (Phi) is 18.9. The first-order chi connectivity index (χ1) is 69.4. The molecule has 12 heteroatoms. The summed E-state index contributed by atoms with van der Waals surface area (Å²) in [4.78, 5) is 0. The third-order valence-corrected chi connectivity index (χ3v) is 29.0. The van der Waals surface area contributed by atoms with Gasteiger partial charge in [0.1, 0.15) is 92.0 Å². The molecule has 23 aromatic rings. The van der Waals surface area contributed by atoms with Gasteiger partial charge in [-0.05, 0) is 280 Å². The van der Waals surface area contributed by atoms with Crippen LogP contribution in [0.5, 0.6) is 92.0 Å². The zero-order valence-corrected chi connectivity index (χ0v) is 75.6. The molecular formula is C128H78B4O8. The lowest BCUT2D eigenvalue weighted by molar-refractivity contribution is 0.464. The van der Waals surface area contributed by atoms with Gasteiger partial charge in [-0.15, -0.1) is 0 Å². The fourth-order valence-electron chi connectivity index (χ4n) is 22.7. The third-order valence-electron chi connectivity index (χ3n) is 29.0. The normalized spacial score (nSPS) is 12.8. The van der Waals surface area contributed by atoms with E-state index in [4.69, 9.17) is 37.9 Å². The van der Waals surface area contributed by atoms with Gasteiger partial charge in [0.05, 0.1) is 0 Å². The van der Waals surface area contributed by atoms with Crippen molar-refractivity contribution in [2.24, 2.45) is 0 Å². The van der Waals surface area contributed by atoms with Crippen LogP contribution in [-0.2, 0) is 0 Å². The van der Waals surface area contributed by atoms with Crippen LogP contribution in [-0.4, -0.2) is 26.9 Å². The standard InChI is InChI=1S/2C34H21BO2.C32H19BO2.C28H17BO2/c1-2-10-22(11-3-1)26-18-23-12-4-5-13-24(23)19-27(26)25-20-32-34-33(21-25)37-31-17-9-7-15-29(31)35(34)28-14-6-8-16-30(28)36-32;1-2-10-22(11-3-1)24-18-19-25(27-13-5-4-12-26(24)27)23-20-32-34-33(21-23)37-31-17-9-7-15-29(31)35(34)28-14-6-8-16-30(28)36-32;1-2-10-22-20(9-1)17-25(24-12-4-3-11-23(22)24)21-18-30-32-31(19-21)35-29-16-8-6-14-27(29)33(32)26-13-5-7-15-28(26)34-30;1-2-10-20-18(8-1)9-7-11-21(20)19-16-26-28-27(17-19)31-25-15-6-4-13-23(25)29(28)22-12-3-5-14-24(22)30-26/h2*1-21H;1-19H;1-17H. The Morgan fingerprint density at radius 3 is 0.671 bits per heavy atom. The van der Waals surface area contributed by atoms with Gasteiger partial charge in [-0.2, -0.15) is 0 Å². The Balaban J connectivity index is 0.0000000918. The van der Waals surface area contributed by atoms with E-state index < -0.39 is 0 Å². The molecule has 0 unspecified atom stereocenters. The van der Waals surface area contributed by atoms with Gasteiger partial charge in [0.25, 0.3) is 26.9 Å². The van der Waals surface area contributed by atoms with Gasteiger partial charge < -0.3 is 37.9 Å². The lowest BCUT2D eigenvalue weighted by atomic mass is 9.35. The van der Waals surface area contributed by atoms with E-state index in [2.05, 4.69) is 425 Å². The molecule has 0 spiro atoms. The molecule has 0 saturated heterocycles. The van der Waals surface area contributed by atoms with Crippen LogP contribution >= 0.6 is 0 Å². The highest BCUT2D eigenvalue weighted by atomic mass is 16.5. The molecule has 0 aromatic heterocycles. The lowest BCUT2D eigenvalue weighted by Gasteiger charge is -2.33. The molecule has 0 amide bonds. The first-order valence-electron chi connectivity index (χ1n) is 47.8. The van der Waals surface area contributed by atoms with Crippen LogP contribution in [0.2, 0.25) is 0 Å². The van der Waals surface area contributed by atoms with Crippen molar-refractivity contribution in [2.75, 3.05) is 0 Å². The van der Waals surface area contributed by atoms with Crippen molar-refractivity contribution < 1.29 is 37.9 Å². The second-order valence-corrected chi connectivity index (χ2v) is 36.8. The Bertz CT molecular complexity index is 8810. The van der Waals surface area contributed by atoms with Crippen LogP contribution in [0.3, 0.4) is 0 Å². The second-order valence-electron chi connectivity index (χ2n) is 36.8. The average molecular weight is 1790 g/mol. The molecule has 8 aliphatic heterocycles. The molecule has 0 atom stereocenters. The molecular weight excluding hydrogens is 1710 g/mol. The van der Waals surface area contributed by atoms with E-state index in [1.54, 1.807) is 0 Å². The van der Waals surface area contributed by atoms with Crippen LogP contribution in [0.4, 0.5) is 0 Å². The summed E-state index contributed by atoms with van der Waals surface area (Å²) in [6.45, 7) is 0.379. The maximum atomic E-state index is 6.55. The Morgan fingerprint density at radius 2 is 0.329 bits per heavy atom. The summed E-state index contributed by atoms with van der Waals surface area (Å²) in [5.41, 5.74) is 27.7. The Hall–Kier alpha value is -18.0. The molecule has 0 N–H and O–H groups in total. The highest BCUT2D eigenvalue weighted by Gasteiger charge is 2.46. The molecule has 0 aliphatic carbocycles. The summed E-state index contributed by atoms with van der Waals surface area (Å²) >= 11 is 0. The number of para-hydroxylation sites is 8. The summed E-state index contributed by atoms with van der Waals surface area (Å²) in [5.74, 6) is 14.2. The molecule has 140 heavy (non-hydrogen) atoms. The zero-order chi connectivity index (χ0) is 92.0. The van der Waals surface area contributed by atoms with Crippen LogP contribution in [0.25, 0.3) is 121 Å². The quantitative estimate of drug-likeness (QED) is 0.120. The van der Waals surface area contributed by atoms with Gasteiger partial charge in [-0.1, -0.05) is 358 Å². The van der Waals surface area contributed by atoms with Crippen LogP contribution in [0.1, 0.15) is 0 Å². The Morgan fingerprint density at radius 1 is 0.114 bits per heavy atom. The third kappa shape index (κ3) is 13.4. The maximum Gasteiger partial charge on any atom is 0.260 e. The summed E-state index contributed by atoms with van der Waals surface area (Å²) in [5, 5.41) is 12.3. The van der Waals surface area contributed by atoms with Crippen molar-refractivity contribution in [1.82, 2.24) is 0 Å². The van der Waals surface area contributed by atoms with Crippen molar-refractivity contribution in [3.05, 3.63) is 473 Å². The molecule has 650 valence electrons. The smallest absolute Gasteiger partial charge is 0.260 e. The van der Waals surface area contributed by atoms with Gasteiger partial charge in [-0.25, -0.2) is 0 Å². The van der Waals surface area contributed by atoms with Gasteiger partial charge in [0.15, 0.2) is 0 Å². The molecule has 31 rings (SSSR count). The Labute approximate surface area is 810 Å². The molecule has 0 fully saturated rings. The van der Waals surface area contributed by atoms with Gasteiger partial charge >= 0.3 is 0 Å². The van der Waals surface area contributed by atoms with Crippen molar-refractivity contribution in [3.63, 3.8) is 0 Å². The van der Waals surface area contributed by atoms with E-state index >= 15 is 0 Å². The topological polar surface area (TPSA) is 73.8 Å². The number of hydrogen-bond donors (Lipinski definition) is 0. The largest absolute Gasteiger partial charge is 0.458 e. The van der Waals surface area contributed by atoms with Crippen LogP contribution < -0.4 is 103 Å². The minimum absolute atomic E-state index is 0.0825. The molecule has 0 bridgehead atoms. The summed E-state index contributed by atoms with van der Waals surface area (Å²) in [7, 11) is 0. The number of benzene rings is 23. The lowest BCUT2D eigenvalue weighted by Crippen LogP contribution is -2.57. The van der Waals surface area contributed by atoms with E-state index in [1.165, 1.54) is 131 Å². The van der Waals surface area contributed by atoms with Gasteiger partial charge in [-0.3, -0.25) is 0 Å². The fourth-order valence-corrected chi connectivity index (χ4v) is 22.7. The predicted molar refractivity (Wildman–Crippen MR) is 577 cm³/mol. The van der Waals surface area contributed by atoms with Gasteiger partial charge in [0, 0.05) is 21.9 Å². The van der Waals surface area contributed by atoms with Gasteiger partial charge in [0.2, 0.25) is 0 Å². The van der Waals surface area contributed by atoms with Crippen LogP contribution in [0, 0.1) is 0 Å². The highest BCUT2D eigenvalue weighted by molar-refractivity contribution is 7.00. The fraction of sp³-hybridized carbons (Fsp3) is 0. The minimum Gasteiger partial charge on any atom is -0.458 e. The minimum atomic E-state index is 0.0825. The molecule has 23 aromatic carbocycles. The molecule has 0 radical (unpaired) electrons. The van der Waals surface area contributed by atoms with Crippen molar-refractivity contribution in [2.45, 2.75) is 0 Å². The van der Waals surface area contributed by atoms with E-state index in [0.29, 0.717) is 0 Å². The van der Waals surface area contributed by atoms with Crippen molar-refractivity contribution in [1.29, 1.82) is 0 Å². The number of hydrogen-bond acceptors (Lipinski definition) is 8.